The number of benzene rings is 3. The van der Waals surface area contributed by atoms with Crippen molar-refractivity contribution in [3.05, 3.63) is 77.3 Å². The van der Waals surface area contributed by atoms with Crippen molar-refractivity contribution in [1.82, 2.24) is 14.8 Å². The number of anilines is 1. The molecule has 0 atom stereocenters. The summed E-state index contributed by atoms with van der Waals surface area (Å²) in [6.45, 7) is 6.54. The highest BCUT2D eigenvalue weighted by atomic mass is 35.5. The van der Waals surface area contributed by atoms with Crippen LogP contribution in [0.4, 0.5) is 5.69 Å². The molecule has 0 aliphatic heterocycles. The number of carbonyl (C=O) groups is 1. The molecule has 9 heteroatoms. The van der Waals surface area contributed by atoms with Gasteiger partial charge in [-0.2, -0.15) is 0 Å². The molecule has 0 saturated heterocycles. The second kappa shape index (κ2) is 11.3. The maximum atomic E-state index is 12.8. The van der Waals surface area contributed by atoms with Crippen molar-refractivity contribution in [1.29, 1.82) is 0 Å². The van der Waals surface area contributed by atoms with Gasteiger partial charge in [0.05, 0.1) is 25.7 Å². The van der Waals surface area contributed by atoms with E-state index in [4.69, 9.17) is 21.1 Å². The quantitative estimate of drug-likeness (QED) is 0.254. The Hall–Kier alpha value is -3.49. The molecule has 4 aromatic rings. The number of methoxy groups -OCH3 is 2. The number of hydrogen-bond donors (Lipinski definition) is 1. The third kappa shape index (κ3) is 6.26. The molecular weight excluding hydrogens is 508 g/mol. The number of nitrogens with zero attached hydrogens (tertiary/aromatic N) is 3. The van der Waals surface area contributed by atoms with E-state index >= 15 is 0 Å². The molecule has 1 aromatic heterocycles. The van der Waals surface area contributed by atoms with E-state index in [0.717, 1.165) is 11.3 Å². The minimum absolute atomic E-state index is 0.0450. The van der Waals surface area contributed by atoms with Gasteiger partial charge in [-0.25, -0.2) is 0 Å². The summed E-state index contributed by atoms with van der Waals surface area (Å²) in [6.07, 6.45) is 0. The predicted octanol–water partition coefficient (Wildman–Crippen LogP) is 6.63. The molecule has 37 heavy (non-hydrogen) atoms. The zero-order valence-electron chi connectivity index (χ0n) is 21.4. The van der Waals surface area contributed by atoms with Crippen molar-refractivity contribution in [3.8, 4) is 28.6 Å². The number of hydrogen-bond acceptors (Lipinski definition) is 6. The fourth-order valence-corrected chi connectivity index (χ4v) is 4.59. The van der Waals surface area contributed by atoms with Crippen molar-refractivity contribution >= 4 is 35.0 Å². The zero-order valence-corrected chi connectivity index (χ0v) is 23.0. The lowest BCUT2D eigenvalue weighted by Gasteiger charge is -2.19. The van der Waals surface area contributed by atoms with Gasteiger partial charge in [-0.3, -0.25) is 9.36 Å². The fraction of sp³-hybridized carbons (Fsp3) is 0.250. The summed E-state index contributed by atoms with van der Waals surface area (Å²) in [5.41, 5.74) is 3.61. The SMILES string of the molecule is COc1ccc(NC(=O)CSc2nnc(-c3ccc(C(C)(C)C)cc3)n2-c2ccc(Cl)cc2)c(OC)c1. The van der Waals surface area contributed by atoms with E-state index < -0.39 is 0 Å². The molecule has 4 rings (SSSR count). The van der Waals surface area contributed by atoms with Gasteiger partial charge < -0.3 is 14.8 Å². The molecule has 0 radical (unpaired) electrons. The maximum Gasteiger partial charge on any atom is 0.234 e. The van der Waals surface area contributed by atoms with Gasteiger partial charge in [0.25, 0.3) is 0 Å². The topological polar surface area (TPSA) is 78.3 Å². The number of rotatable bonds is 8. The highest BCUT2D eigenvalue weighted by Gasteiger charge is 2.19. The second-order valence-electron chi connectivity index (χ2n) is 9.35. The van der Waals surface area contributed by atoms with Gasteiger partial charge in [-0.15, -0.1) is 10.2 Å². The fourth-order valence-electron chi connectivity index (χ4n) is 3.71. The minimum Gasteiger partial charge on any atom is -0.497 e. The first kappa shape index (κ1) is 26.6. The number of halogens is 1. The molecule has 0 spiro atoms. The number of amides is 1. The first-order valence-electron chi connectivity index (χ1n) is 11.7. The Kier molecular flexibility index (Phi) is 8.10. The highest BCUT2D eigenvalue weighted by molar-refractivity contribution is 7.99. The molecule has 0 aliphatic carbocycles. The molecule has 1 amide bonds. The van der Waals surface area contributed by atoms with Crippen LogP contribution in [0.2, 0.25) is 5.02 Å². The van der Waals surface area contributed by atoms with Crippen molar-refractivity contribution < 1.29 is 14.3 Å². The third-order valence-electron chi connectivity index (χ3n) is 5.74. The first-order valence-corrected chi connectivity index (χ1v) is 13.0. The molecule has 0 fully saturated rings. The van der Waals surface area contributed by atoms with Crippen LogP contribution in [0.15, 0.2) is 71.9 Å². The van der Waals surface area contributed by atoms with Crippen molar-refractivity contribution in [2.24, 2.45) is 0 Å². The van der Waals surface area contributed by atoms with Crippen LogP contribution in [0.3, 0.4) is 0 Å². The standard InChI is InChI=1S/C28H29ClN4O3S/c1-28(2,3)19-8-6-18(7-9-19)26-31-32-27(33(26)21-12-10-20(29)11-13-21)37-17-25(34)30-23-15-14-22(35-4)16-24(23)36-5/h6-16H,17H2,1-5H3,(H,30,34). The molecule has 0 saturated carbocycles. The first-order chi connectivity index (χ1) is 17.7. The maximum absolute atomic E-state index is 12.8. The van der Waals surface area contributed by atoms with Crippen LogP contribution in [0.25, 0.3) is 17.1 Å². The van der Waals surface area contributed by atoms with Gasteiger partial charge in [0.2, 0.25) is 5.91 Å². The number of carbonyl (C=O) groups excluding carboxylic acids is 1. The van der Waals surface area contributed by atoms with E-state index in [1.54, 1.807) is 32.4 Å². The summed E-state index contributed by atoms with van der Waals surface area (Å²) in [4.78, 5) is 12.8. The van der Waals surface area contributed by atoms with E-state index in [1.165, 1.54) is 17.3 Å². The smallest absolute Gasteiger partial charge is 0.234 e. The lowest BCUT2D eigenvalue weighted by atomic mass is 9.87. The van der Waals surface area contributed by atoms with Crippen LogP contribution in [0.1, 0.15) is 26.3 Å². The highest BCUT2D eigenvalue weighted by Crippen LogP contribution is 2.32. The molecule has 7 nitrogen and oxygen atoms in total. The third-order valence-corrected chi connectivity index (χ3v) is 6.92. The average Bonchev–Trinajstić information content (AvgIpc) is 3.31. The minimum atomic E-state index is -0.199. The summed E-state index contributed by atoms with van der Waals surface area (Å²) >= 11 is 7.43. The molecule has 1 heterocycles. The van der Waals surface area contributed by atoms with Crippen LogP contribution in [-0.2, 0) is 10.2 Å². The summed E-state index contributed by atoms with van der Waals surface area (Å²) in [6, 6.07) is 21.0. The van der Waals surface area contributed by atoms with Gasteiger partial charge in [0.1, 0.15) is 11.5 Å². The Labute approximate surface area is 226 Å². The second-order valence-corrected chi connectivity index (χ2v) is 10.7. The molecule has 192 valence electrons. The molecular formula is C28H29ClN4O3S. The Bertz CT molecular complexity index is 1380. The number of nitrogens with one attached hydrogen (secondary N) is 1. The van der Waals surface area contributed by atoms with Crippen LogP contribution < -0.4 is 14.8 Å². The summed E-state index contributed by atoms with van der Waals surface area (Å²) in [5.74, 6) is 1.77. The van der Waals surface area contributed by atoms with Crippen LogP contribution in [0, 0.1) is 0 Å². The lowest BCUT2D eigenvalue weighted by molar-refractivity contribution is -0.113. The Morgan fingerprint density at radius 1 is 0.973 bits per heavy atom. The number of ether oxygens (including phenoxy) is 2. The summed E-state index contributed by atoms with van der Waals surface area (Å²) in [5, 5.41) is 13.0. The monoisotopic (exact) mass is 536 g/mol. The van der Waals surface area contributed by atoms with Gasteiger partial charge >= 0.3 is 0 Å². The Morgan fingerprint density at radius 2 is 1.68 bits per heavy atom. The Balaban J connectivity index is 1.59. The van der Waals surface area contributed by atoms with E-state index in [2.05, 4.69) is 48.4 Å². The van der Waals surface area contributed by atoms with Crippen LogP contribution in [-0.4, -0.2) is 40.6 Å². The largest absolute Gasteiger partial charge is 0.497 e. The Morgan fingerprint density at radius 3 is 2.30 bits per heavy atom. The summed E-state index contributed by atoms with van der Waals surface area (Å²) in [7, 11) is 3.12. The molecule has 1 N–H and O–H groups in total. The van der Waals surface area contributed by atoms with Crippen molar-refractivity contribution in [2.75, 3.05) is 25.3 Å². The number of thioether (sulfide) groups is 1. The van der Waals surface area contributed by atoms with Gasteiger partial charge in [0.15, 0.2) is 11.0 Å². The van der Waals surface area contributed by atoms with Crippen LogP contribution >= 0.6 is 23.4 Å². The van der Waals surface area contributed by atoms with Gasteiger partial charge in [-0.05, 0) is 47.4 Å². The van der Waals surface area contributed by atoms with E-state index in [-0.39, 0.29) is 17.1 Å². The molecule has 0 bridgehead atoms. The van der Waals surface area contributed by atoms with E-state index in [9.17, 15) is 4.79 Å². The number of aromatic nitrogens is 3. The average molecular weight is 537 g/mol. The molecule has 0 aliphatic rings. The zero-order chi connectivity index (χ0) is 26.6. The van der Waals surface area contributed by atoms with Gasteiger partial charge in [0, 0.05) is 22.3 Å². The van der Waals surface area contributed by atoms with Crippen molar-refractivity contribution in [2.45, 2.75) is 31.3 Å². The summed E-state index contributed by atoms with van der Waals surface area (Å²) < 4.78 is 12.5. The van der Waals surface area contributed by atoms with Crippen LogP contribution in [0.5, 0.6) is 11.5 Å². The predicted molar refractivity (Wildman–Crippen MR) is 149 cm³/mol. The normalized spacial score (nSPS) is 11.3. The molecule has 3 aromatic carbocycles. The molecule has 0 unspecified atom stereocenters. The van der Waals surface area contributed by atoms with E-state index in [1.807, 2.05) is 41.0 Å². The lowest BCUT2D eigenvalue weighted by Crippen LogP contribution is -2.15. The van der Waals surface area contributed by atoms with Gasteiger partial charge in [-0.1, -0.05) is 68.4 Å². The van der Waals surface area contributed by atoms with E-state index in [0.29, 0.717) is 33.2 Å². The van der Waals surface area contributed by atoms with Crippen molar-refractivity contribution in [3.63, 3.8) is 0 Å².